The highest BCUT2D eigenvalue weighted by Crippen LogP contribution is 2.38. The maximum atomic E-state index is 13.5. The maximum absolute atomic E-state index is 13.5. The zero-order chi connectivity index (χ0) is 43.2. The normalized spacial score (nSPS) is 15.4. The molecule has 4 heterocycles. The third-order valence-electron chi connectivity index (χ3n) is 10.4. The molecule has 2 aliphatic heterocycles. The summed E-state index contributed by atoms with van der Waals surface area (Å²) < 4.78 is 24.0. The number of hydrogen-bond acceptors (Lipinski definition) is 14. The number of aromatic nitrogens is 2. The first-order valence-corrected chi connectivity index (χ1v) is 19.3. The van der Waals surface area contributed by atoms with Gasteiger partial charge in [0.15, 0.2) is 0 Å². The fraction of sp³-hybridized carbons (Fsp3) is 0.381. The van der Waals surface area contributed by atoms with E-state index in [1.54, 1.807) is 45.7 Å². The van der Waals surface area contributed by atoms with Crippen molar-refractivity contribution >= 4 is 52.6 Å². The molecule has 6 rings (SSSR count). The van der Waals surface area contributed by atoms with Crippen molar-refractivity contribution in [2.45, 2.75) is 50.9 Å². The van der Waals surface area contributed by atoms with Gasteiger partial charge in [0.05, 0.1) is 42.9 Å². The quantitative estimate of drug-likeness (QED) is 0.0640. The molecule has 2 aromatic heterocycles. The number of likely N-dealkylation sites (N-methyl/N-ethyl adjacent to an activating group) is 1. The molecule has 0 bridgehead atoms. The first-order valence-electron chi connectivity index (χ1n) is 19.3. The molecule has 2 aliphatic rings. The van der Waals surface area contributed by atoms with Gasteiger partial charge in [-0.1, -0.05) is 6.07 Å². The van der Waals surface area contributed by atoms with Crippen LogP contribution in [0.1, 0.15) is 58.4 Å². The summed E-state index contributed by atoms with van der Waals surface area (Å²) in [5, 5.41) is 5.82. The molecular formula is C42H47N7O11. The summed E-state index contributed by atoms with van der Waals surface area (Å²) in [7, 11) is 10.2. The fourth-order valence-corrected chi connectivity index (χ4v) is 7.37. The molecule has 4 aromatic rings. The van der Waals surface area contributed by atoms with Gasteiger partial charge in [-0.25, -0.2) is 4.98 Å². The largest absolute Gasteiger partial charge is 0.496 e. The Hall–Kier alpha value is -6.82. The minimum Gasteiger partial charge on any atom is -0.496 e. The van der Waals surface area contributed by atoms with Crippen molar-refractivity contribution in [3.05, 3.63) is 75.8 Å². The first kappa shape index (κ1) is 42.8. The number of unbranched alkanes of at least 4 members (excludes halogenated alkanes) is 2. The molecule has 2 unspecified atom stereocenters. The highest BCUT2D eigenvalue weighted by Gasteiger charge is 2.46. The number of rotatable bonds is 18. The molecule has 2 aromatic carbocycles. The number of benzene rings is 2. The molecule has 0 spiro atoms. The van der Waals surface area contributed by atoms with E-state index in [-0.39, 0.29) is 60.7 Å². The Labute approximate surface area is 345 Å². The van der Waals surface area contributed by atoms with Crippen LogP contribution in [0.4, 0.5) is 5.82 Å². The molecule has 0 radical (unpaired) electrons. The minimum atomic E-state index is -1.40. The molecular weight excluding hydrogens is 778 g/mol. The first-order chi connectivity index (χ1) is 28.8. The number of pyridine rings is 2. The van der Waals surface area contributed by atoms with Crippen molar-refractivity contribution in [2.24, 2.45) is 7.05 Å². The molecule has 18 nitrogen and oxygen atoms in total. The summed E-state index contributed by atoms with van der Waals surface area (Å²) in [6.07, 6.45) is 3.57. The predicted molar refractivity (Wildman–Crippen MR) is 218 cm³/mol. The van der Waals surface area contributed by atoms with Gasteiger partial charge in [0.25, 0.3) is 36.0 Å². The van der Waals surface area contributed by atoms with E-state index in [1.165, 1.54) is 28.8 Å². The van der Waals surface area contributed by atoms with Gasteiger partial charge in [-0.05, 0) is 75.7 Å². The molecule has 60 heavy (non-hydrogen) atoms. The molecule has 18 heteroatoms. The number of nitrogens with zero attached hydrogens (tertiary/aromatic N) is 5. The lowest BCUT2D eigenvalue weighted by Crippen LogP contribution is -2.54. The fourth-order valence-electron chi connectivity index (χ4n) is 7.37. The third-order valence-corrected chi connectivity index (χ3v) is 10.4. The number of amides is 5. The van der Waals surface area contributed by atoms with Gasteiger partial charge in [-0.2, -0.15) is 0 Å². The van der Waals surface area contributed by atoms with E-state index in [0.29, 0.717) is 53.6 Å². The van der Waals surface area contributed by atoms with Crippen LogP contribution in [0.25, 0.3) is 21.9 Å². The molecule has 0 aliphatic carbocycles. The Morgan fingerprint density at radius 3 is 2.37 bits per heavy atom. The Morgan fingerprint density at radius 1 is 0.967 bits per heavy atom. The second-order valence-corrected chi connectivity index (χ2v) is 14.7. The van der Waals surface area contributed by atoms with Crippen molar-refractivity contribution in [1.29, 1.82) is 0 Å². The van der Waals surface area contributed by atoms with Crippen LogP contribution in [0.3, 0.4) is 0 Å². The van der Waals surface area contributed by atoms with E-state index in [1.807, 2.05) is 31.1 Å². The van der Waals surface area contributed by atoms with Crippen LogP contribution in [0.5, 0.6) is 17.2 Å². The van der Waals surface area contributed by atoms with Crippen LogP contribution in [0, 0.1) is 0 Å². The topological polar surface area (TPSA) is 208 Å². The molecule has 316 valence electrons. The molecule has 1 saturated heterocycles. The van der Waals surface area contributed by atoms with Crippen LogP contribution in [-0.4, -0.2) is 116 Å². The standard InChI is InChI=1S/C42H47N7O11/c1-46(2)21-29-32(57-5)17-24(18-33(29)58-6)28-22-47(3)39(54)26-19-34(44-20-27(26)28)48(4)42(60-23-50)38(53)43-15-8-7-9-16-59-31-12-10-11-25-36(31)41(56)49(40(25)55)30-13-14-35(51)45-37(30)52/h10-12,17-20,22-23,30,42H,7-9,13-16,21H2,1-6H3,(H,43,53)(H,45,51,52). The van der Waals surface area contributed by atoms with Crippen LogP contribution in [0.2, 0.25) is 0 Å². The smallest absolute Gasteiger partial charge is 0.295 e. The summed E-state index contributed by atoms with van der Waals surface area (Å²) >= 11 is 0. The molecule has 2 N–H and O–H groups in total. The minimum absolute atomic E-state index is 0.0156. The van der Waals surface area contributed by atoms with Crippen molar-refractivity contribution in [3.8, 4) is 28.4 Å². The summed E-state index contributed by atoms with van der Waals surface area (Å²) in [6.45, 7) is 1.17. The summed E-state index contributed by atoms with van der Waals surface area (Å²) in [5.41, 5.74) is 2.18. The van der Waals surface area contributed by atoms with Gasteiger partial charge < -0.3 is 38.6 Å². The lowest BCUT2D eigenvalue weighted by atomic mass is 9.99. The van der Waals surface area contributed by atoms with Crippen molar-refractivity contribution < 1.29 is 47.7 Å². The van der Waals surface area contributed by atoms with Crippen LogP contribution in [0.15, 0.2) is 53.6 Å². The van der Waals surface area contributed by atoms with Gasteiger partial charge in [-0.3, -0.25) is 43.8 Å². The average Bonchev–Trinajstić information content (AvgIpc) is 3.49. The number of methoxy groups -OCH3 is 2. The second-order valence-electron chi connectivity index (χ2n) is 14.7. The van der Waals surface area contributed by atoms with Gasteiger partial charge in [0, 0.05) is 56.9 Å². The Kier molecular flexibility index (Phi) is 13.1. The molecule has 5 amide bonds. The highest BCUT2D eigenvalue weighted by molar-refractivity contribution is 6.24. The van der Waals surface area contributed by atoms with E-state index in [4.69, 9.17) is 18.9 Å². The van der Waals surface area contributed by atoms with Crippen LogP contribution < -0.4 is 35.3 Å². The Balaban J connectivity index is 1.07. The summed E-state index contributed by atoms with van der Waals surface area (Å²) in [4.78, 5) is 97.6. The Morgan fingerprint density at radius 2 is 1.70 bits per heavy atom. The number of carbonyl (C=O) groups is 6. The number of hydrogen-bond donors (Lipinski definition) is 2. The van der Waals surface area contributed by atoms with E-state index in [2.05, 4.69) is 15.6 Å². The number of imide groups is 2. The highest BCUT2D eigenvalue weighted by atomic mass is 16.5. The van der Waals surface area contributed by atoms with Gasteiger partial charge in [0.1, 0.15) is 29.1 Å². The van der Waals surface area contributed by atoms with Crippen molar-refractivity contribution in [3.63, 3.8) is 0 Å². The number of aryl methyl sites for hydroxylation is 1. The number of anilines is 1. The predicted octanol–water partition coefficient (Wildman–Crippen LogP) is 2.38. The zero-order valence-electron chi connectivity index (χ0n) is 34.2. The van der Waals surface area contributed by atoms with E-state index in [9.17, 15) is 33.6 Å². The zero-order valence-corrected chi connectivity index (χ0v) is 34.2. The summed E-state index contributed by atoms with van der Waals surface area (Å²) in [5.74, 6) is -1.39. The van der Waals surface area contributed by atoms with Crippen molar-refractivity contribution in [1.82, 2.24) is 30.0 Å². The lowest BCUT2D eigenvalue weighted by molar-refractivity contribution is -0.144. The number of fused-ring (bicyclic) bond motifs is 2. The maximum Gasteiger partial charge on any atom is 0.295 e. The van der Waals surface area contributed by atoms with E-state index >= 15 is 0 Å². The van der Waals surface area contributed by atoms with E-state index < -0.39 is 41.8 Å². The number of carbonyl (C=O) groups excluding carboxylic acids is 6. The second kappa shape index (κ2) is 18.4. The van der Waals surface area contributed by atoms with Gasteiger partial charge >= 0.3 is 0 Å². The summed E-state index contributed by atoms with van der Waals surface area (Å²) in [6, 6.07) is 8.87. The Bertz CT molecular complexity index is 2390. The van der Waals surface area contributed by atoms with Gasteiger partial charge in [-0.15, -0.1) is 0 Å². The molecule has 2 atom stereocenters. The molecule has 1 fully saturated rings. The van der Waals surface area contributed by atoms with Gasteiger partial charge in [0.2, 0.25) is 11.8 Å². The number of nitrogens with one attached hydrogen (secondary N) is 2. The average molecular weight is 826 g/mol. The van der Waals surface area contributed by atoms with E-state index in [0.717, 1.165) is 16.0 Å². The third kappa shape index (κ3) is 8.63. The van der Waals surface area contributed by atoms with Crippen molar-refractivity contribution in [2.75, 3.05) is 53.4 Å². The SMILES string of the molecule is COc1cc(-c2cn(C)c(=O)c3cc(N(C)C(OC=O)C(=O)NCCCCCOc4cccc5c4C(=O)N(C4CCC(=O)NC4=O)C5=O)ncc23)cc(OC)c1CN(C)C. The van der Waals surface area contributed by atoms with Crippen LogP contribution in [-0.2, 0) is 37.5 Å². The number of ether oxygens (including phenoxy) is 4. The number of piperidine rings is 1. The molecule has 0 saturated carbocycles. The van der Waals surface area contributed by atoms with Crippen LogP contribution >= 0.6 is 0 Å². The monoisotopic (exact) mass is 825 g/mol. The lowest BCUT2D eigenvalue weighted by Gasteiger charge is -2.27.